The summed E-state index contributed by atoms with van der Waals surface area (Å²) in [5.74, 6) is -0.881. The first-order valence-corrected chi connectivity index (χ1v) is 5.74. The smallest absolute Gasteiger partial charge is 0.319 e. The van der Waals surface area contributed by atoms with Crippen LogP contribution < -0.4 is 5.32 Å². The van der Waals surface area contributed by atoms with Crippen molar-refractivity contribution in [2.45, 2.75) is 40.5 Å². The molecule has 16 heavy (non-hydrogen) atoms. The Balaban J connectivity index is 2.51. The number of carbonyl (C=O) groups is 2. The van der Waals surface area contributed by atoms with E-state index in [1.54, 1.807) is 0 Å². The van der Waals surface area contributed by atoms with Crippen molar-refractivity contribution in [3.8, 4) is 0 Å². The van der Waals surface area contributed by atoms with Crippen LogP contribution in [-0.2, 0) is 9.59 Å². The summed E-state index contributed by atoms with van der Waals surface area (Å²) in [6.07, 6.45) is 0.937. The molecule has 92 valence electrons. The van der Waals surface area contributed by atoms with Crippen LogP contribution in [0.4, 0.5) is 0 Å². The third-order valence-corrected chi connectivity index (χ3v) is 3.86. The zero-order valence-electron chi connectivity index (χ0n) is 10.5. The lowest BCUT2D eigenvalue weighted by Gasteiger charge is -2.29. The summed E-state index contributed by atoms with van der Waals surface area (Å²) in [5, 5.41) is 11.7. The molecule has 0 aromatic heterocycles. The molecule has 0 atom stereocenters. The summed E-state index contributed by atoms with van der Waals surface area (Å²) in [7, 11) is 0. The van der Waals surface area contributed by atoms with Gasteiger partial charge in [-0.25, -0.2) is 0 Å². The van der Waals surface area contributed by atoms with Crippen molar-refractivity contribution in [3.63, 3.8) is 0 Å². The molecule has 2 N–H and O–H groups in total. The maximum Gasteiger partial charge on any atom is 0.319 e. The van der Waals surface area contributed by atoms with Gasteiger partial charge < -0.3 is 10.4 Å². The number of carboxylic acids is 1. The van der Waals surface area contributed by atoms with E-state index in [4.69, 9.17) is 5.11 Å². The van der Waals surface area contributed by atoms with E-state index in [0.29, 0.717) is 25.3 Å². The Morgan fingerprint density at radius 3 is 2.19 bits per heavy atom. The van der Waals surface area contributed by atoms with Gasteiger partial charge in [0.15, 0.2) is 0 Å². The molecular weight excluding hydrogens is 206 g/mol. The molecule has 0 bridgehead atoms. The number of rotatable bonds is 5. The number of hydrogen-bond acceptors (Lipinski definition) is 2. The lowest BCUT2D eigenvalue weighted by atomic mass is 9.81. The van der Waals surface area contributed by atoms with Crippen LogP contribution in [0.15, 0.2) is 0 Å². The average Bonchev–Trinajstić information content (AvgIpc) is 2.94. The van der Waals surface area contributed by atoms with E-state index in [2.05, 4.69) is 33.0 Å². The fraction of sp³-hybridized carbons (Fsp3) is 0.833. The lowest BCUT2D eigenvalue weighted by Crippen LogP contribution is -2.43. The van der Waals surface area contributed by atoms with Gasteiger partial charge in [-0.05, 0) is 24.2 Å². The van der Waals surface area contributed by atoms with E-state index in [-0.39, 0.29) is 11.3 Å². The van der Waals surface area contributed by atoms with Crippen LogP contribution in [0.5, 0.6) is 0 Å². The van der Waals surface area contributed by atoms with E-state index in [1.165, 1.54) is 0 Å². The molecule has 1 aliphatic carbocycles. The van der Waals surface area contributed by atoms with Gasteiger partial charge in [0.25, 0.3) is 0 Å². The minimum Gasteiger partial charge on any atom is -0.480 e. The molecule has 4 nitrogen and oxygen atoms in total. The molecule has 1 fully saturated rings. The fourth-order valence-electron chi connectivity index (χ4n) is 1.34. The maximum absolute atomic E-state index is 11.7. The molecule has 0 saturated heterocycles. The van der Waals surface area contributed by atoms with E-state index < -0.39 is 11.4 Å². The van der Waals surface area contributed by atoms with Crippen LogP contribution >= 0.6 is 0 Å². The van der Waals surface area contributed by atoms with Gasteiger partial charge in [-0.2, -0.15) is 0 Å². The summed E-state index contributed by atoms with van der Waals surface area (Å²) in [6, 6.07) is 0. The topological polar surface area (TPSA) is 66.4 Å². The summed E-state index contributed by atoms with van der Waals surface area (Å²) in [4.78, 5) is 22.7. The average molecular weight is 227 g/mol. The second kappa shape index (κ2) is 4.07. The maximum atomic E-state index is 11.7. The molecule has 0 radical (unpaired) electrons. The first-order valence-electron chi connectivity index (χ1n) is 5.74. The van der Waals surface area contributed by atoms with Gasteiger partial charge in [-0.15, -0.1) is 0 Å². The van der Waals surface area contributed by atoms with Gasteiger partial charge in [-0.3, -0.25) is 9.59 Å². The van der Waals surface area contributed by atoms with Crippen LogP contribution in [0.1, 0.15) is 40.5 Å². The predicted octanol–water partition coefficient (Wildman–Crippen LogP) is 1.65. The molecular formula is C12H21NO3. The molecule has 1 saturated carbocycles. The third-order valence-electron chi connectivity index (χ3n) is 3.86. The summed E-state index contributed by atoms with van der Waals surface area (Å²) < 4.78 is 0. The Kier molecular flexibility index (Phi) is 3.31. The minimum absolute atomic E-state index is 0.00968. The van der Waals surface area contributed by atoms with Crippen LogP contribution in [0.25, 0.3) is 0 Å². The number of aliphatic carboxylic acids is 1. The van der Waals surface area contributed by atoms with Gasteiger partial charge >= 0.3 is 5.97 Å². The summed E-state index contributed by atoms with van der Waals surface area (Å²) in [6.45, 7) is 8.85. The quantitative estimate of drug-likeness (QED) is 0.702. The number of carbonyl (C=O) groups excluding carboxylic acids is 1. The minimum atomic E-state index is -1.12. The van der Waals surface area contributed by atoms with Crippen LogP contribution in [0.3, 0.4) is 0 Å². The number of amides is 1. The van der Waals surface area contributed by atoms with Gasteiger partial charge in [0, 0.05) is 6.54 Å². The highest BCUT2D eigenvalue weighted by Crippen LogP contribution is 2.46. The highest BCUT2D eigenvalue weighted by atomic mass is 16.4. The molecule has 0 spiro atoms. The molecule has 4 heteroatoms. The standard InChI is InChI=1S/C12H21NO3/c1-8(2)11(3,4)7-13-9(14)12(5-6-12)10(15)16/h8H,5-7H2,1-4H3,(H,13,14)(H,15,16). The fourth-order valence-corrected chi connectivity index (χ4v) is 1.34. The molecule has 0 aromatic rings. The molecule has 1 aliphatic rings. The lowest BCUT2D eigenvalue weighted by molar-refractivity contribution is -0.149. The largest absolute Gasteiger partial charge is 0.480 e. The van der Waals surface area contributed by atoms with Gasteiger partial charge in [0.05, 0.1) is 0 Å². The molecule has 0 aliphatic heterocycles. The first kappa shape index (κ1) is 13.0. The predicted molar refractivity (Wildman–Crippen MR) is 60.9 cm³/mol. The summed E-state index contributed by atoms with van der Waals surface area (Å²) in [5.41, 5.74) is -1.13. The monoisotopic (exact) mass is 227 g/mol. The van der Waals surface area contributed by atoms with Crippen molar-refractivity contribution in [2.75, 3.05) is 6.54 Å². The van der Waals surface area contributed by atoms with Crippen LogP contribution in [0.2, 0.25) is 0 Å². The Labute approximate surface area is 96.4 Å². The molecule has 1 rings (SSSR count). The first-order chi connectivity index (χ1) is 7.22. The van der Waals surface area contributed by atoms with Crippen molar-refractivity contribution in [2.24, 2.45) is 16.7 Å². The van der Waals surface area contributed by atoms with Gasteiger partial charge in [-0.1, -0.05) is 27.7 Å². The van der Waals surface area contributed by atoms with E-state index in [1.807, 2.05) is 0 Å². The SMILES string of the molecule is CC(C)C(C)(C)CNC(=O)C1(C(=O)O)CC1. The Hall–Kier alpha value is -1.06. The van der Waals surface area contributed by atoms with Crippen LogP contribution in [-0.4, -0.2) is 23.5 Å². The van der Waals surface area contributed by atoms with Crippen molar-refractivity contribution in [1.29, 1.82) is 0 Å². The van der Waals surface area contributed by atoms with Gasteiger partial charge in [0.1, 0.15) is 5.41 Å². The Bertz CT molecular complexity index is 303. The second-order valence-electron chi connectivity index (χ2n) is 5.71. The third kappa shape index (κ3) is 2.36. The van der Waals surface area contributed by atoms with Crippen molar-refractivity contribution in [1.82, 2.24) is 5.32 Å². The van der Waals surface area contributed by atoms with Crippen LogP contribution in [0, 0.1) is 16.7 Å². The zero-order chi connectivity index (χ0) is 12.6. The van der Waals surface area contributed by atoms with E-state index in [9.17, 15) is 9.59 Å². The van der Waals surface area contributed by atoms with Crippen molar-refractivity contribution in [3.05, 3.63) is 0 Å². The highest BCUT2D eigenvalue weighted by molar-refractivity contribution is 6.04. The molecule has 0 aromatic carbocycles. The van der Waals surface area contributed by atoms with Crippen molar-refractivity contribution < 1.29 is 14.7 Å². The highest BCUT2D eigenvalue weighted by Gasteiger charge is 2.57. The Morgan fingerprint density at radius 2 is 1.88 bits per heavy atom. The molecule has 1 amide bonds. The molecule has 0 unspecified atom stereocenters. The van der Waals surface area contributed by atoms with Crippen molar-refractivity contribution >= 4 is 11.9 Å². The number of carboxylic acid groups (broad SMARTS) is 1. The van der Waals surface area contributed by atoms with Gasteiger partial charge in [0.2, 0.25) is 5.91 Å². The van der Waals surface area contributed by atoms with E-state index >= 15 is 0 Å². The normalized spacial score (nSPS) is 18.3. The number of nitrogens with one attached hydrogen (secondary N) is 1. The molecule has 0 heterocycles. The van der Waals surface area contributed by atoms with E-state index in [0.717, 1.165) is 0 Å². The Morgan fingerprint density at radius 1 is 1.38 bits per heavy atom. The number of hydrogen-bond donors (Lipinski definition) is 2. The summed E-state index contributed by atoms with van der Waals surface area (Å²) >= 11 is 0. The zero-order valence-corrected chi connectivity index (χ0v) is 10.5. The second-order valence-corrected chi connectivity index (χ2v) is 5.71.